The molecule has 3 aromatic rings. The lowest BCUT2D eigenvalue weighted by molar-refractivity contribution is 0.0943. The first-order valence-electron chi connectivity index (χ1n) is 7.39. The zero-order valence-electron chi connectivity index (χ0n) is 12.2. The van der Waals surface area contributed by atoms with Crippen molar-refractivity contribution in [3.63, 3.8) is 0 Å². The Kier molecular flexibility index (Phi) is 2.96. The fraction of sp³-hybridized carbons (Fsp3) is 0.312. The van der Waals surface area contributed by atoms with Crippen LogP contribution in [-0.2, 0) is 6.54 Å². The van der Waals surface area contributed by atoms with Crippen LogP contribution in [0.25, 0.3) is 10.9 Å². The maximum atomic E-state index is 12.2. The molecule has 0 saturated heterocycles. The number of carbonyl (C=O) groups excluding carboxylic acids is 1. The van der Waals surface area contributed by atoms with Gasteiger partial charge < -0.3 is 14.7 Å². The third kappa shape index (κ3) is 2.47. The van der Waals surface area contributed by atoms with E-state index in [0.29, 0.717) is 23.4 Å². The normalized spacial score (nSPS) is 14.4. The molecule has 1 saturated carbocycles. The highest BCUT2D eigenvalue weighted by Crippen LogP contribution is 2.38. The van der Waals surface area contributed by atoms with E-state index in [4.69, 9.17) is 4.42 Å². The van der Waals surface area contributed by atoms with Gasteiger partial charge in [0.1, 0.15) is 5.69 Å². The van der Waals surface area contributed by atoms with E-state index in [2.05, 4.69) is 20.5 Å². The van der Waals surface area contributed by atoms with Gasteiger partial charge in [0.25, 0.3) is 5.91 Å². The van der Waals surface area contributed by atoms with E-state index in [9.17, 15) is 4.79 Å². The second kappa shape index (κ2) is 4.98. The van der Waals surface area contributed by atoms with Crippen molar-refractivity contribution in [2.24, 2.45) is 0 Å². The predicted molar refractivity (Wildman–Crippen MR) is 80.5 cm³/mol. The first-order valence-corrected chi connectivity index (χ1v) is 7.39. The average molecular weight is 296 g/mol. The molecule has 0 aliphatic heterocycles. The highest BCUT2D eigenvalue weighted by atomic mass is 16.4. The summed E-state index contributed by atoms with van der Waals surface area (Å²) >= 11 is 0. The van der Waals surface area contributed by atoms with Crippen LogP contribution in [0.2, 0.25) is 0 Å². The highest BCUT2D eigenvalue weighted by Gasteiger charge is 2.29. The SMILES string of the molecule is Cc1ccc2cc(C(=O)NCc3nnc(C4CC4)o3)[nH]c2c1. The number of hydrogen-bond donors (Lipinski definition) is 2. The second-order valence-electron chi connectivity index (χ2n) is 5.76. The van der Waals surface area contributed by atoms with E-state index in [1.165, 1.54) is 0 Å². The summed E-state index contributed by atoms with van der Waals surface area (Å²) in [7, 11) is 0. The van der Waals surface area contributed by atoms with Crippen LogP contribution in [0.15, 0.2) is 28.7 Å². The Balaban J connectivity index is 1.45. The van der Waals surface area contributed by atoms with Gasteiger partial charge in [0, 0.05) is 16.8 Å². The molecule has 0 radical (unpaired) electrons. The topological polar surface area (TPSA) is 83.8 Å². The lowest BCUT2D eigenvalue weighted by Gasteiger charge is -1.99. The van der Waals surface area contributed by atoms with Crippen LogP contribution in [-0.4, -0.2) is 21.1 Å². The molecule has 1 aliphatic carbocycles. The van der Waals surface area contributed by atoms with E-state index >= 15 is 0 Å². The van der Waals surface area contributed by atoms with Gasteiger partial charge in [0.15, 0.2) is 0 Å². The number of nitrogens with one attached hydrogen (secondary N) is 2. The van der Waals surface area contributed by atoms with Gasteiger partial charge in [-0.15, -0.1) is 10.2 Å². The minimum absolute atomic E-state index is 0.181. The van der Waals surface area contributed by atoms with Crippen LogP contribution >= 0.6 is 0 Å². The number of aryl methyl sites for hydroxylation is 1. The fourth-order valence-corrected chi connectivity index (χ4v) is 2.45. The number of carbonyl (C=O) groups is 1. The Morgan fingerprint density at radius 2 is 2.23 bits per heavy atom. The number of amides is 1. The van der Waals surface area contributed by atoms with Crippen molar-refractivity contribution in [1.29, 1.82) is 0 Å². The van der Waals surface area contributed by atoms with Gasteiger partial charge >= 0.3 is 0 Å². The minimum Gasteiger partial charge on any atom is -0.423 e. The van der Waals surface area contributed by atoms with Crippen molar-refractivity contribution in [1.82, 2.24) is 20.5 Å². The first kappa shape index (κ1) is 13.1. The largest absolute Gasteiger partial charge is 0.423 e. The van der Waals surface area contributed by atoms with Gasteiger partial charge in [0.05, 0.1) is 6.54 Å². The van der Waals surface area contributed by atoms with Gasteiger partial charge in [-0.3, -0.25) is 4.79 Å². The van der Waals surface area contributed by atoms with Crippen LogP contribution in [0.4, 0.5) is 0 Å². The summed E-state index contributed by atoms with van der Waals surface area (Å²) in [5.41, 5.74) is 2.64. The molecule has 1 aromatic carbocycles. The molecule has 1 fully saturated rings. The number of nitrogens with zero attached hydrogens (tertiary/aromatic N) is 2. The van der Waals surface area contributed by atoms with Crippen LogP contribution < -0.4 is 5.32 Å². The summed E-state index contributed by atoms with van der Waals surface area (Å²) in [4.78, 5) is 15.3. The lowest BCUT2D eigenvalue weighted by Crippen LogP contribution is -2.23. The van der Waals surface area contributed by atoms with Gasteiger partial charge in [0.2, 0.25) is 11.8 Å². The summed E-state index contributed by atoms with van der Waals surface area (Å²) in [6.45, 7) is 2.26. The average Bonchev–Trinajstić information content (AvgIpc) is 3.10. The molecule has 0 atom stereocenters. The molecule has 6 heteroatoms. The molecule has 0 spiro atoms. The van der Waals surface area contributed by atoms with E-state index in [1.54, 1.807) is 0 Å². The second-order valence-corrected chi connectivity index (χ2v) is 5.76. The van der Waals surface area contributed by atoms with Gasteiger partial charge in [-0.1, -0.05) is 12.1 Å². The Hall–Kier alpha value is -2.63. The number of fused-ring (bicyclic) bond motifs is 1. The van der Waals surface area contributed by atoms with Crippen molar-refractivity contribution in [3.8, 4) is 0 Å². The molecule has 1 amide bonds. The minimum atomic E-state index is -0.181. The molecule has 0 bridgehead atoms. The summed E-state index contributed by atoms with van der Waals surface area (Å²) in [6.07, 6.45) is 2.23. The molecule has 22 heavy (non-hydrogen) atoms. The molecular formula is C16H16N4O2. The zero-order chi connectivity index (χ0) is 15.1. The Morgan fingerprint density at radius 1 is 1.36 bits per heavy atom. The third-order valence-electron chi connectivity index (χ3n) is 3.83. The number of hydrogen-bond acceptors (Lipinski definition) is 4. The van der Waals surface area contributed by atoms with Crippen molar-refractivity contribution in [2.75, 3.05) is 0 Å². The monoisotopic (exact) mass is 296 g/mol. The quantitative estimate of drug-likeness (QED) is 0.775. The maximum Gasteiger partial charge on any atom is 0.268 e. The number of benzene rings is 1. The Bertz CT molecular complexity index is 845. The summed E-state index contributed by atoms with van der Waals surface area (Å²) < 4.78 is 5.52. The van der Waals surface area contributed by atoms with Gasteiger partial charge in [-0.25, -0.2) is 0 Å². The smallest absolute Gasteiger partial charge is 0.268 e. The molecule has 2 heterocycles. The molecule has 1 aliphatic rings. The molecular weight excluding hydrogens is 280 g/mol. The van der Waals surface area contributed by atoms with Crippen molar-refractivity contribution in [2.45, 2.75) is 32.2 Å². The van der Waals surface area contributed by atoms with Crippen molar-refractivity contribution >= 4 is 16.8 Å². The number of aromatic nitrogens is 3. The third-order valence-corrected chi connectivity index (χ3v) is 3.83. The van der Waals surface area contributed by atoms with Crippen LogP contribution in [0, 0.1) is 6.92 Å². The highest BCUT2D eigenvalue weighted by molar-refractivity contribution is 5.98. The summed E-state index contributed by atoms with van der Waals surface area (Å²) in [5, 5.41) is 11.8. The Labute approximate surface area is 126 Å². The molecule has 0 unspecified atom stereocenters. The van der Waals surface area contributed by atoms with E-state index in [0.717, 1.165) is 29.3 Å². The van der Waals surface area contributed by atoms with Crippen molar-refractivity contribution < 1.29 is 9.21 Å². The molecule has 6 nitrogen and oxygen atoms in total. The van der Waals surface area contributed by atoms with Gasteiger partial charge in [-0.2, -0.15) is 0 Å². The first-order chi connectivity index (χ1) is 10.7. The maximum absolute atomic E-state index is 12.2. The number of rotatable bonds is 4. The van der Waals surface area contributed by atoms with E-state index < -0.39 is 0 Å². The van der Waals surface area contributed by atoms with Crippen LogP contribution in [0.3, 0.4) is 0 Å². The summed E-state index contributed by atoms with van der Waals surface area (Å²) in [6, 6.07) is 7.88. The molecule has 2 aromatic heterocycles. The lowest BCUT2D eigenvalue weighted by atomic mass is 10.2. The van der Waals surface area contributed by atoms with Gasteiger partial charge in [-0.05, 0) is 37.5 Å². The number of H-pyrrole nitrogens is 1. The van der Waals surface area contributed by atoms with Crippen LogP contribution in [0.1, 0.15) is 46.6 Å². The Morgan fingerprint density at radius 3 is 3.05 bits per heavy atom. The molecule has 2 N–H and O–H groups in total. The predicted octanol–water partition coefficient (Wildman–Crippen LogP) is 2.67. The summed E-state index contributed by atoms with van der Waals surface area (Å²) in [5.74, 6) is 1.38. The van der Waals surface area contributed by atoms with Crippen LogP contribution in [0.5, 0.6) is 0 Å². The van der Waals surface area contributed by atoms with Crippen molar-refractivity contribution in [3.05, 3.63) is 47.3 Å². The molecule has 112 valence electrons. The van der Waals surface area contributed by atoms with E-state index in [-0.39, 0.29) is 12.5 Å². The van der Waals surface area contributed by atoms with E-state index in [1.807, 2.05) is 31.2 Å². The standard InChI is InChI=1S/C16H16N4O2/c1-9-2-3-11-7-13(18-12(11)6-9)15(21)17-8-14-19-20-16(22-14)10-4-5-10/h2-3,6-7,10,18H,4-5,8H2,1H3,(H,17,21). The molecule has 4 rings (SSSR count). The number of aromatic amines is 1. The fourth-order valence-electron chi connectivity index (χ4n) is 2.45. The zero-order valence-corrected chi connectivity index (χ0v) is 12.2.